The van der Waals surface area contributed by atoms with Gasteiger partial charge in [-0.25, -0.2) is 8.99 Å². The zero-order chi connectivity index (χ0) is 17.2. The first-order chi connectivity index (χ1) is 11.5. The van der Waals surface area contributed by atoms with Crippen LogP contribution in [0.2, 0.25) is 0 Å². The highest BCUT2D eigenvalue weighted by Gasteiger charge is 2.09. The number of ether oxygens (including phenoxy) is 2. The molecule has 0 fully saturated rings. The Morgan fingerprint density at radius 2 is 1.79 bits per heavy atom. The van der Waals surface area contributed by atoms with Crippen molar-refractivity contribution in [1.82, 2.24) is 4.98 Å². The Hall–Kier alpha value is -2.60. The maximum Gasteiger partial charge on any atom is 0.138 e. The number of rotatable bonds is 5. The molecule has 3 rings (SSSR count). The quantitative estimate of drug-likeness (QED) is 0.743. The molecule has 0 aliphatic carbocycles. The topological polar surface area (TPSA) is 72.3 Å². The molecule has 1 atom stereocenters. The molecule has 124 valence electrons. The average molecular weight is 342 g/mol. The first-order valence-corrected chi connectivity index (χ1v) is 9.23. The lowest BCUT2D eigenvalue weighted by Crippen LogP contribution is -2.01. The van der Waals surface area contributed by atoms with E-state index in [1.807, 2.05) is 18.2 Å². The highest BCUT2D eigenvalue weighted by molar-refractivity contribution is 7.92. The summed E-state index contributed by atoms with van der Waals surface area (Å²) in [7, 11) is -1.09. The molecule has 0 saturated carbocycles. The molecule has 1 aromatic heterocycles. The van der Waals surface area contributed by atoms with Crippen molar-refractivity contribution in [2.45, 2.75) is 11.8 Å². The number of methoxy groups -OCH3 is 1. The number of hydrogen-bond donors (Lipinski definition) is 1. The van der Waals surface area contributed by atoms with Gasteiger partial charge in [-0.15, -0.1) is 0 Å². The van der Waals surface area contributed by atoms with Crippen LogP contribution >= 0.6 is 0 Å². The second kappa shape index (κ2) is 6.49. The Bertz CT molecular complexity index is 967. The standard InChI is InChI=1S/C18H18N2O3S/c1-3-24(19,21)15-7-4-13(5-8-15)23-18-10-11-20-17-12-14(22-2)6-9-16(17)18/h4-12,19H,3H2,1-2H3/t24-/m0/s1. The van der Waals surface area contributed by atoms with E-state index in [4.69, 9.17) is 14.3 Å². The summed E-state index contributed by atoms with van der Waals surface area (Å²) in [5, 5.41) is 0.875. The van der Waals surface area contributed by atoms with Crippen LogP contribution in [-0.2, 0) is 9.73 Å². The van der Waals surface area contributed by atoms with Crippen LogP contribution in [0.4, 0.5) is 0 Å². The van der Waals surface area contributed by atoms with Gasteiger partial charge in [0, 0.05) is 28.3 Å². The number of nitrogens with one attached hydrogen (secondary N) is 1. The summed E-state index contributed by atoms with van der Waals surface area (Å²) in [6.07, 6.45) is 1.68. The second-order valence-corrected chi connectivity index (χ2v) is 7.63. The predicted molar refractivity (Wildman–Crippen MR) is 94.5 cm³/mol. The smallest absolute Gasteiger partial charge is 0.138 e. The first kappa shape index (κ1) is 16.3. The minimum absolute atomic E-state index is 0.296. The Morgan fingerprint density at radius 3 is 2.46 bits per heavy atom. The Balaban J connectivity index is 1.93. The zero-order valence-corrected chi connectivity index (χ0v) is 14.3. The van der Waals surface area contributed by atoms with Crippen LogP contribution in [0.5, 0.6) is 17.2 Å². The monoisotopic (exact) mass is 342 g/mol. The number of aromatic nitrogens is 1. The van der Waals surface area contributed by atoms with Crippen LogP contribution in [-0.4, -0.2) is 22.1 Å². The fourth-order valence-corrected chi connectivity index (χ4v) is 3.25. The van der Waals surface area contributed by atoms with E-state index in [0.29, 0.717) is 22.1 Å². The van der Waals surface area contributed by atoms with Gasteiger partial charge in [-0.3, -0.25) is 4.98 Å². The SMILES string of the molecule is CC[S@](=N)(=O)c1ccc(Oc2ccnc3cc(OC)ccc23)cc1. The molecule has 2 aromatic carbocycles. The summed E-state index contributed by atoms with van der Waals surface area (Å²) >= 11 is 0. The lowest BCUT2D eigenvalue weighted by atomic mass is 10.2. The maximum atomic E-state index is 12.1. The van der Waals surface area contributed by atoms with Gasteiger partial charge in [0.05, 0.1) is 22.4 Å². The van der Waals surface area contributed by atoms with Crippen LogP contribution in [0.15, 0.2) is 59.6 Å². The van der Waals surface area contributed by atoms with Crippen LogP contribution < -0.4 is 9.47 Å². The summed E-state index contributed by atoms with van der Waals surface area (Å²) < 4.78 is 31.0. The molecule has 1 N–H and O–H groups in total. The molecule has 0 saturated heterocycles. The molecule has 0 bridgehead atoms. The van der Waals surface area contributed by atoms with Gasteiger partial charge in [0.2, 0.25) is 0 Å². The largest absolute Gasteiger partial charge is 0.497 e. The van der Waals surface area contributed by atoms with Gasteiger partial charge in [-0.05, 0) is 42.5 Å². The number of hydrogen-bond acceptors (Lipinski definition) is 5. The van der Waals surface area contributed by atoms with Gasteiger partial charge in [0.15, 0.2) is 0 Å². The fourth-order valence-electron chi connectivity index (χ4n) is 2.34. The molecule has 5 nitrogen and oxygen atoms in total. The van der Waals surface area contributed by atoms with Crippen molar-refractivity contribution >= 4 is 20.6 Å². The van der Waals surface area contributed by atoms with Gasteiger partial charge in [-0.1, -0.05) is 6.92 Å². The van der Waals surface area contributed by atoms with Crippen molar-refractivity contribution < 1.29 is 13.7 Å². The normalized spacial score (nSPS) is 13.4. The van der Waals surface area contributed by atoms with E-state index in [2.05, 4.69) is 4.98 Å². The van der Waals surface area contributed by atoms with E-state index in [1.165, 1.54) is 0 Å². The first-order valence-electron chi connectivity index (χ1n) is 7.50. The highest BCUT2D eigenvalue weighted by atomic mass is 32.2. The molecule has 0 radical (unpaired) electrons. The highest BCUT2D eigenvalue weighted by Crippen LogP contribution is 2.31. The summed E-state index contributed by atoms with van der Waals surface area (Å²) in [6, 6.07) is 14.2. The Kier molecular flexibility index (Phi) is 4.40. The third-order valence-corrected chi connectivity index (χ3v) is 5.60. The van der Waals surface area contributed by atoms with Gasteiger partial charge >= 0.3 is 0 Å². The van der Waals surface area contributed by atoms with Crippen LogP contribution in [0.1, 0.15) is 6.92 Å². The van der Waals surface area contributed by atoms with Crippen molar-refractivity contribution in [3.05, 3.63) is 54.7 Å². The average Bonchev–Trinajstić information content (AvgIpc) is 2.62. The molecule has 0 unspecified atom stereocenters. The molecule has 3 aromatic rings. The number of benzene rings is 2. The Labute approximate surface area is 141 Å². The number of nitrogens with zero attached hydrogens (tertiary/aromatic N) is 1. The van der Waals surface area contributed by atoms with E-state index < -0.39 is 9.73 Å². The van der Waals surface area contributed by atoms with Crippen molar-refractivity contribution in [2.24, 2.45) is 0 Å². The minimum atomic E-state index is -2.71. The van der Waals surface area contributed by atoms with E-state index >= 15 is 0 Å². The fraction of sp³-hybridized carbons (Fsp3) is 0.167. The maximum absolute atomic E-state index is 12.1. The second-order valence-electron chi connectivity index (χ2n) is 5.23. The van der Waals surface area contributed by atoms with Gasteiger partial charge in [0.1, 0.15) is 17.2 Å². The number of fused-ring (bicyclic) bond motifs is 1. The zero-order valence-electron chi connectivity index (χ0n) is 13.5. The molecule has 0 aliphatic rings. The predicted octanol–water partition coefficient (Wildman–Crippen LogP) is 4.46. The molecule has 0 aliphatic heterocycles. The molecule has 0 spiro atoms. The summed E-state index contributed by atoms with van der Waals surface area (Å²) in [6.45, 7) is 1.75. The third-order valence-electron chi connectivity index (χ3n) is 3.75. The van der Waals surface area contributed by atoms with Crippen LogP contribution in [0.25, 0.3) is 10.9 Å². The van der Waals surface area contributed by atoms with E-state index in [0.717, 1.165) is 16.7 Å². The minimum Gasteiger partial charge on any atom is -0.497 e. The Morgan fingerprint density at radius 1 is 1.08 bits per heavy atom. The van der Waals surface area contributed by atoms with Crippen molar-refractivity contribution in [3.63, 3.8) is 0 Å². The molecule has 6 heteroatoms. The van der Waals surface area contributed by atoms with E-state index in [1.54, 1.807) is 50.6 Å². The van der Waals surface area contributed by atoms with E-state index in [9.17, 15) is 4.21 Å². The number of pyridine rings is 1. The van der Waals surface area contributed by atoms with Gasteiger partial charge < -0.3 is 9.47 Å². The van der Waals surface area contributed by atoms with Crippen LogP contribution in [0.3, 0.4) is 0 Å². The lowest BCUT2D eigenvalue weighted by Gasteiger charge is -2.10. The third kappa shape index (κ3) is 3.19. The van der Waals surface area contributed by atoms with E-state index in [-0.39, 0.29) is 0 Å². The van der Waals surface area contributed by atoms with Gasteiger partial charge in [0.25, 0.3) is 0 Å². The van der Waals surface area contributed by atoms with Gasteiger partial charge in [-0.2, -0.15) is 0 Å². The summed E-state index contributed by atoms with van der Waals surface area (Å²) in [5.74, 6) is 2.33. The molecular weight excluding hydrogens is 324 g/mol. The van der Waals surface area contributed by atoms with Crippen molar-refractivity contribution in [2.75, 3.05) is 12.9 Å². The molecular formula is C18H18N2O3S. The summed E-state index contributed by atoms with van der Waals surface area (Å²) in [4.78, 5) is 4.84. The molecule has 0 amide bonds. The molecule has 24 heavy (non-hydrogen) atoms. The summed E-state index contributed by atoms with van der Waals surface area (Å²) in [5.41, 5.74) is 0.781. The lowest BCUT2D eigenvalue weighted by molar-refractivity contribution is 0.415. The van der Waals surface area contributed by atoms with Crippen LogP contribution in [0, 0.1) is 4.78 Å². The van der Waals surface area contributed by atoms with Crippen molar-refractivity contribution in [3.8, 4) is 17.2 Å². The molecule has 1 heterocycles. The van der Waals surface area contributed by atoms with Crippen molar-refractivity contribution in [1.29, 1.82) is 4.78 Å².